The van der Waals surface area contributed by atoms with Gasteiger partial charge < -0.3 is 0 Å². The average Bonchev–Trinajstić information content (AvgIpc) is 1.82. The molecule has 0 rings (SSSR count). The third-order valence-electron chi connectivity index (χ3n) is 1.21. The van der Waals surface area contributed by atoms with Crippen LogP contribution in [0, 0.1) is 11.3 Å². The standard InChI is InChI=1S/C5H17O3PSi.C2H3N/c1-10(2,3)5-4-9(6,7)8;1-2-3/h6-9H,4-5H2,1-3H3;1H3. The van der Waals surface area contributed by atoms with Gasteiger partial charge >= 0.3 is 62.5 Å². The molecule has 0 saturated heterocycles. The third kappa shape index (κ3) is 24.5. The molecule has 0 amide bonds. The van der Waals surface area contributed by atoms with Gasteiger partial charge in [-0.2, -0.15) is 5.26 Å². The van der Waals surface area contributed by atoms with Gasteiger partial charge in [0.15, 0.2) is 0 Å². The fourth-order valence-electron chi connectivity index (χ4n) is 0.543. The first kappa shape index (κ1) is 15.5. The average molecular weight is 225 g/mol. The molecule has 0 aliphatic heterocycles. The molecule has 0 aromatic heterocycles. The van der Waals surface area contributed by atoms with E-state index in [1.165, 1.54) is 6.92 Å². The minimum atomic E-state index is -3.73. The van der Waals surface area contributed by atoms with E-state index in [9.17, 15) is 0 Å². The molecule has 13 heavy (non-hydrogen) atoms. The van der Waals surface area contributed by atoms with E-state index >= 15 is 0 Å². The van der Waals surface area contributed by atoms with Crippen LogP contribution in [0.5, 0.6) is 0 Å². The van der Waals surface area contributed by atoms with E-state index in [1.54, 1.807) is 6.07 Å². The van der Waals surface area contributed by atoms with Gasteiger partial charge in [-0.15, -0.1) is 0 Å². The van der Waals surface area contributed by atoms with Crippen molar-refractivity contribution in [2.75, 3.05) is 6.16 Å². The third-order valence-corrected chi connectivity index (χ3v) is 4.38. The quantitative estimate of drug-likeness (QED) is 0.499. The maximum atomic E-state index is 8.65. The first-order valence-electron chi connectivity index (χ1n) is 4.10. The first-order chi connectivity index (χ1) is 5.62. The molecule has 6 heteroatoms. The topological polar surface area (TPSA) is 84.5 Å². The van der Waals surface area contributed by atoms with Crippen molar-refractivity contribution < 1.29 is 14.7 Å². The summed E-state index contributed by atoms with van der Waals surface area (Å²) in [5.41, 5.74) is 0. The van der Waals surface area contributed by atoms with Crippen LogP contribution in [0.3, 0.4) is 0 Å². The molecule has 0 unspecified atom stereocenters. The molecule has 0 aliphatic carbocycles. The predicted octanol–water partition coefficient (Wildman–Crippen LogP) is 1.33. The summed E-state index contributed by atoms with van der Waals surface area (Å²) >= 11 is 0. The second-order valence-electron chi connectivity index (χ2n) is 4.06. The second-order valence-corrected chi connectivity index (χ2v) is 11.7. The second kappa shape index (κ2) is 6.47. The van der Waals surface area contributed by atoms with Gasteiger partial charge in [-0.05, 0) is 0 Å². The van der Waals surface area contributed by atoms with E-state index in [2.05, 4.69) is 19.6 Å². The van der Waals surface area contributed by atoms with Crippen LogP contribution in [0.15, 0.2) is 0 Å². The van der Waals surface area contributed by atoms with Gasteiger partial charge in [0.2, 0.25) is 0 Å². The molecule has 0 heterocycles. The number of nitrogens with zero attached hydrogens (tertiary/aromatic N) is 1. The molecule has 0 aromatic rings. The Hall–Kier alpha value is 0.0169. The Kier molecular flexibility index (Phi) is 7.71. The van der Waals surface area contributed by atoms with Crippen molar-refractivity contribution in [1.29, 1.82) is 5.26 Å². The van der Waals surface area contributed by atoms with Crippen molar-refractivity contribution in [2.24, 2.45) is 0 Å². The summed E-state index contributed by atoms with van der Waals surface area (Å²) in [5, 5.41) is 7.32. The van der Waals surface area contributed by atoms with Gasteiger partial charge in [-0.1, -0.05) is 0 Å². The van der Waals surface area contributed by atoms with E-state index in [0.29, 0.717) is 0 Å². The van der Waals surface area contributed by atoms with E-state index in [0.717, 1.165) is 6.04 Å². The van der Waals surface area contributed by atoms with Crippen molar-refractivity contribution in [3.8, 4) is 6.07 Å². The van der Waals surface area contributed by atoms with Crippen LogP contribution < -0.4 is 0 Å². The zero-order chi connectivity index (χ0) is 11.1. The van der Waals surface area contributed by atoms with Crippen LogP contribution in [-0.4, -0.2) is 28.9 Å². The summed E-state index contributed by atoms with van der Waals surface area (Å²) in [6, 6.07) is 2.53. The Morgan fingerprint density at radius 2 is 1.54 bits per heavy atom. The Morgan fingerprint density at radius 3 is 1.62 bits per heavy atom. The van der Waals surface area contributed by atoms with Gasteiger partial charge in [0, 0.05) is 6.92 Å². The number of hydrogen-bond acceptors (Lipinski definition) is 4. The number of nitriles is 1. The molecule has 3 N–H and O–H groups in total. The summed E-state index contributed by atoms with van der Waals surface area (Å²) in [4.78, 5) is 26.0. The van der Waals surface area contributed by atoms with Crippen LogP contribution in [-0.2, 0) is 0 Å². The van der Waals surface area contributed by atoms with Gasteiger partial charge in [-0.25, -0.2) is 0 Å². The van der Waals surface area contributed by atoms with E-state index in [4.69, 9.17) is 19.9 Å². The van der Waals surface area contributed by atoms with Crippen molar-refractivity contribution in [1.82, 2.24) is 0 Å². The van der Waals surface area contributed by atoms with Crippen molar-refractivity contribution in [3.05, 3.63) is 0 Å². The molecule has 0 fully saturated rings. The molecule has 0 atom stereocenters. The molecule has 80 valence electrons. The van der Waals surface area contributed by atoms with Crippen molar-refractivity contribution >= 4 is 16.0 Å². The zero-order valence-electron chi connectivity index (χ0n) is 8.70. The summed E-state index contributed by atoms with van der Waals surface area (Å²) in [5.74, 6) is 0. The fourth-order valence-corrected chi connectivity index (χ4v) is 4.88. The van der Waals surface area contributed by atoms with Crippen LogP contribution in [0.2, 0.25) is 25.7 Å². The molecule has 0 aliphatic rings. The predicted molar refractivity (Wildman–Crippen MR) is 59.3 cm³/mol. The van der Waals surface area contributed by atoms with Gasteiger partial charge in [0.25, 0.3) is 0 Å². The molecule has 0 aromatic carbocycles. The minimum absolute atomic E-state index is 0.197. The van der Waals surface area contributed by atoms with E-state index in [-0.39, 0.29) is 6.16 Å². The summed E-state index contributed by atoms with van der Waals surface area (Å²) in [6.07, 6.45) is 0.197. The molecule has 4 nitrogen and oxygen atoms in total. The van der Waals surface area contributed by atoms with Crippen LogP contribution >= 0.6 is 7.94 Å². The SMILES string of the molecule is CC#N.C[Si](C)(C)CC[PH](O)(O)O. The summed E-state index contributed by atoms with van der Waals surface area (Å²) < 4.78 is 0. The van der Waals surface area contributed by atoms with Crippen molar-refractivity contribution in [3.63, 3.8) is 0 Å². The zero-order valence-corrected chi connectivity index (χ0v) is 10.7. The van der Waals surface area contributed by atoms with Crippen LogP contribution in [0.4, 0.5) is 0 Å². The molecule has 0 saturated carbocycles. The normalized spacial score (nSPS) is 12.5. The maximum absolute atomic E-state index is 8.65. The molecule has 0 spiro atoms. The van der Waals surface area contributed by atoms with Gasteiger partial charge in [0.1, 0.15) is 0 Å². The van der Waals surface area contributed by atoms with Gasteiger partial charge in [0.05, 0.1) is 6.07 Å². The van der Waals surface area contributed by atoms with E-state index in [1.807, 2.05) is 0 Å². The monoisotopic (exact) mass is 225 g/mol. The first-order valence-corrected chi connectivity index (χ1v) is 9.86. The van der Waals surface area contributed by atoms with Gasteiger partial charge in [-0.3, -0.25) is 0 Å². The summed E-state index contributed by atoms with van der Waals surface area (Å²) in [7, 11) is -4.94. The van der Waals surface area contributed by atoms with Crippen molar-refractivity contribution in [2.45, 2.75) is 32.6 Å². The Labute approximate surface area is 81.4 Å². The molecular weight excluding hydrogens is 205 g/mol. The molecule has 0 radical (unpaired) electrons. The number of rotatable bonds is 3. The molecular formula is C7H20NO3PSi. The number of hydrogen-bond donors (Lipinski definition) is 3. The Balaban J connectivity index is 0. The fraction of sp³-hybridized carbons (Fsp3) is 0.857. The Bertz CT molecular complexity index is 154. The van der Waals surface area contributed by atoms with Crippen LogP contribution in [0.1, 0.15) is 6.92 Å². The molecule has 0 bridgehead atoms. The summed E-state index contributed by atoms with van der Waals surface area (Å²) in [6.45, 7) is 7.83. The van der Waals surface area contributed by atoms with E-state index < -0.39 is 16.0 Å². The Morgan fingerprint density at radius 1 is 1.23 bits per heavy atom. The van der Waals surface area contributed by atoms with Crippen LogP contribution in [0.25, 0.3) is 0 Å².